The summed E-state index contributed by atoms with van der Waals surface area (Å²) in [6.45, 7) is 14.9. The number of anilines is 1. The van der Waals surface area contributed by atoms with Crippen molar-refractivity contribution in [3.63, 3.8) is 0 Å². The molecule has 0 saturated carbocycles. The first-order valence-corrected chi connectivity index (χ1v) is 14.6. The van der Waals surface area contributed by atoms with Crippen molar-refractivity contribution in [2.45, 2.75) is 66.0 Å². The van der Waals surface area contributed by atoms with E-state index in [0.29, 0.717) is 52.9 Å². The number of carbonyl (C=O) groups excluding carboxylic acids is 1. The number of rotatable bonds is 4. The Morgan fingerprint density at radius 1 is 1.10 bits per heavy atom. The first-order chi connectivity index (χ1) is 19.9. The van der Waals surface area contributed by atoms with E-state index in [0.717, 1.165) is 16.8 Å². The largest absolute Gasteiger partial charge is 0.444 e. The van der Waals surface area contributed by atoms with Gasteiger partial charge in [-0.25, -0.2) is 19.1 Å². The van der Waals surface area contributed by atoms with Crippen LogP contribution in [-0.4, -0.2) is 61.8 Å². The second-order valence-corrected chi connectivity index (χ2v) is 12.5. The molecule has 1 aliphatic rings. The summed E-state index contributed by atoms with van der Waals surface area (Å²) in [5, 5.41) is 1.10. The number of hydrogen-bond donors (Lipinski definition) is 0. The third-order valence-electron chi connectivity index (χ3n) is 7.32. The van der Waals surface area contributed by atoms with E-state index in [1.807, 2.05) is 90.9 Å². The average Bonchev–Trinajstić information content (AvgIpc) is 2.92. The lowest BCUT2D eigenvalue weighted by molar-refractivity contribution is 0.0218. The molecule has 10 heteroatoms. The second-order valence-electron chi connectivity index (χ2n) is 12.1. The van der Waals surface area contributed by atoms with Gasteiger partial charge in [0.1, 0.15) is 11.4 Å². The Morgan fingerprint density at radius 2 is 1.81 bits per heavy atom. The molecule has 1 fully saturated rings. The molecule has 0 unspecified atom stereocenters. The number of halogens is 1. The van der Waals surface area contributed by atoms with Gasteiger partial charge in [0.15, 0.2) is 5.65 Å². The lowest BCUT2D eigenvalue weighted by atomic mass is 10.0. The Kier molecular flexibility index (Phi) is 7.98. The number of aromatic nitrogens is 4. The van der Waals surface area contributed by atoms with Crippen LogP contribution in [0.2, 0.25) is 5.02 Å². The van der Waals surface area contributed by atoms with Crippen LogP contribution in [0.4, 0.5) is 10.6 Å². The van der Waals surface area contributed by atoms with Gasteiger partial charge in [-0.2, -0.15) is 4.98 Å². The zero-order valence-electron chi connectivity index (χ0n) is 25.2. The molecule has 42 heavy (non-hydrogen) atoms. The Balaban J connectivity index is 1.70. The highest BCUT2D eigenvalue weighted by atomic mass is 35.5. The van der Waals surface area contributed by atoms with E-state index in [4.69, 9.17) is 21.3 Å². The highest BCUT2D eigenvalue weighted by Gasteiger charge is 2.32. The van der Waals surface area contributed by atoms with Crippen LogP contribution in [-0.2, 0) is 4.74 Å². The minimum Gasteiger partial charge on any atom is -0.444 e. The van der Waals surface area contributed by atoms with Crippen molar-refractivity contribution in [1.82, 2.24) is 24.4 Å². The Bertz CT molecular complexity index is 1700. The van der Waals surface area contributed by atoms with Crippen molar-refractivity contribution in [1.29, 1.82) is 0 Å². The lowest BCUT2D eigenvalue weighted by Crippen LogP contribution is -2.55. The number of piperazine rings is 1. The van der Waals surface area contributed by atoms with Gasteiger partial charge in [0.2, 0.25) is 0 Å². The van der Waals surface area contributed by atoms with E-state index >= 15 is 0 Å². The zero-order valence-corrected chi connectivity index (χ0v) is 25.9. The van der Waals surface area contributed by atoms with Gasteiger partial charge in [0.25, 0.3) is 0 Å². The Hall–Kier alpha value is -3.98. The summed E-state index contributed by atoms with van der Waals surface area (Å²) in [4.78, 5) is 44.9. The fourth-order valence-corrected chi connectivity index (χ4v) is 5.63. The van der Waals surface area contributed by atoms with Crippen molar-refractivity contribution in [3.05, 3.63) is 75.4 Å². The van der Waals surface area contributed by atoms with E-state index in [1.54, 1.807) is 15.7 Å². The van der Waals surface area contributed by atoms with E-state index in [2.05, 4.69) is 14.9 Å². The quantitative estimate of drug-likeness (QED) is 0.273. The fraction of sp³-hybridized carbons (Fsp3) is 0.406. The van der Waals surface area contributed by atoms with E-state index in [-0.39, 0.29) is 18.1 Å². The van der Waals surface area contributed by atoms with E-state index in [9.17, 15) is 9.59 Å². The molecule has 1 aliphatic heterocycles. The normalized spacial score (nSPS) is 15.9. The monoisotopic (exact) mass is 588 g/mol. The molecule has 1 saturated heterocycles. The summed E-state index contributed by atoms with van der Waals surface area (Å²) in [5.74, 6) is 0.549. The molecule has 0 N–H and O–H groups in total. The summed E-state index contributed by atoms with van der Waals surface area (Å²) in [5.41, 5.74) is 3.18. The van der Waals surface area contributed by atoms with Crippen LogP contribution in [0.1, 0.15) is 58.7 Å². The van der Waals surface area contributed by atoms with Gasteiger partial charge >= 0.3 is 11.8 Å². The number of ether oxygens (including phenoxy) is 1. The maximum absolute atomic E-state index is 14.0. The van der Waals surface area contributed by atoms with Gasteiger partial charge in [0, 0.05) is 37.4 Å². The standard InChI is InChI=1S/C32H37ClN6O3/c1-19(2)25-27(20(3)13-14-34-25)39-29-23(17-24(33)26(35-29)22-11-9-8-10-12-22)28(36-30(39)40)38-16-15-37(18-21(38)4)31(41)42-32(5,6)7/h8-14,17,19,21H,15-16,18H2,1-7H3/t21-/m0/s1. The van der Waals surface area contributed by atoms with E-state index < -0.39 is 11.3 Å². The highest BCUT2D eigenvalue weighted by molar-refractivity contribution is 6.33. The van der Waals surface area contributed by atoms with Crippen molar-refractivity contribution in [2.75, 3.05) is 24.5 Å². The predicted molar refractivity (Wildman–Crippen MR) is 167 cm³/mol. The summed E-state index contributed by atoms with van der Waals surface area (Å²) < 4.78 is 7.17. The van der Waals surface area contributed by atoms with Crippen LogP contribution in [0.15, 0.2) is 53.5 Å². The number of amides is 1. The topological polar surface area (TPSA) is 93.5 Å². The third kappa shape index (κ3) is 5.70. The molecule has 5 rings (SSSR count). The number of fused-ring (bicyclic) bond motifs is 1. The van der Waals surface area contributed by atoms with Gasteiger partial charge in [-0.15, -0.1) is 0 Å². The highest BCUT2D eigenvalue weighted by Crippen LogP contribution is 2.35. The Labute approximate surface area is 251 Å². The predicted octanol–water partition coefficient (Wildman–Crippen LogP) is 6.37. The molecular formula is C32H37ClN6O3. The van der Waals surface area contributed by atoms with Gasteiger partial charge in [-0.3, -0.25) is 4.98 Å². The van der Waals surface area contributed by atoms with Gasteiger partial charge in [-0.1, -0.05) is 55.8 Å². The van der Waals surface area contributed by atoms with Gasteiger partial charge in [0.05, 0.1) is 27.5 Å². The molecule has 3 aromatic heterocycles. The maximum Gasteiger partial charge on any atom is 0.410 e. The minimum absolute atomic E-state index is 0.0587. The summed E-state index contributed by atoms with van der Waals surface area (Å²) in [7, 11) is 0. The first-order valence-electron chi connectivity index (χ1n) is 14.2. The van der Waals surface area contributed by atoms with Crippen LogP contribution in [0.5, 0.6) is 0 Å². The molecule has 0 bridgehead atoms. The van der Waals surface area contributed by atoms with Crippen molar-refractivity contribution < 1.29 is 9.53 Å². The van der Waals surface area contributed by atoms with E-state index in [1.165, 1.54) is 0 Å². The number of aryl methyl sites for hydroxylation is 1. The van der Waals surface area contributed by atoms with Crippen LogP contribution in [0, 0.1) is 6.92 Å². The maximum atomic E-state index is 14.0. The van der Waals surface area contributed by atoms with Crippen molar-refractivity contribution in [3.8, 4) is 16.9 Å². The molecule has 0 radical (unpaired) electrons. The van der Waals surface area contributed by atoms with Crippen LogP contribution < -0.4 is 10.6 Å². The van der Waals surface area contributed by atoms with Gasteiger partial charge < -0.3 is 14.5 Å². The molecule has 9 nitrogen and oxygen atoms in total. The lowest BCUT2D eigenvalue weighted by Gasteiger charge is -2.41. The van der Waals surface area contributed by atoms with Gasteiger partial charge in [-0.05, 0) is 58.2 Å². The average molecular weight is 589 g/mol. The molecule has 1 atom stereocenters. The molecule has 1 amide bonds. The van der Waals surface area contributed by atoms with Crippen LogP contribution >= 0.6 is 11.6 Å². The second kappa shape index (κ2) is 11.4. The molecule has 1 aromatic carbocycles. The number of carbonyl (C=O) groups is 1. The molecule has 0 aliphatic carbocycles. The summed E-state index contributed by atoms with van der Waals surface area (Å²) >= 11 is 6.88. The number of nitrogens with zero attached hydrogens (tertiary/aromatic N) is 6. The Morgan fingerprint density at radius 3 is 2.45 bits per heavy atom. The number of hydrogen-bond acceptors (Lipinski definition) is 7. The minimum atomic E-state index is -0.585. The number of benzene rings is 1. The first kappa shape index (κ1) is 29.5. The molecule has 0 spiro atoms. The smallest absolute Gasteiger partial charge is 0.410 e. The fourth-order valence-electron chi connectivity index (χ4n) is 5.37. The molecule has 4 aromatic rings. The molecular weight excluding hydrogens is 552 g/mol. The SMILES string of the molecule is Cc1ccnc(C(C)C)c1-n1c(=O)nc(N2CCN(C(=O)OC(C)(C)C)C[C@@H]2C)c2cc(Cl)c(-c3ccccc3)nc21. The van der Waals surface area contributed by atoms with Crippen molar-refractivity contribution >= 4 is 34.5 Å². The van der Waals surface area contributed by atoms with Crippen molar-refractivity contribution in [2.24, 2.45) is 0 Å². The molecule has 4 heterocycles. The third-order valence-corrected chi connectivity index (χ3v) is 7.61. The summed E-state index contributed by atoms with van der Waals surface area (Å²) in [6.07, 6.45) is 1.40. The van der Waals surface area contributed by atoms with Crippen LogP contribution in [0.3, 0.4) is 0 Å². The summed E-state index contributed by atoms with van der Waals surface area (Å²) in [6, 6.07) is 13.3. The van der Waals surface area contributed by atoms with Crippen LogP contribution in [0.25, 0.3) is 28.0 Å². The zero-order chi connectivity index (χ0) is 30.3. The molecule has 220 valence electrons. The number of pyridine rings is 2.